The van der Waals surface area contributed by atoms with Gasteiger partial charge in [0.25, 0.3) is 0 Å². The highest BCUT2D eigenvalue weighted by atomic mass is 16.7. The minimum absolute atomic E-state index is 0.172. The zero-order valence-electron chi connectivity index (χ0n) is 11.8. The van der Waals surface area contributed by atoms with Crippen molar-refractivity contribution in [2.75, 3.05) is 61.0 Å². The van der Waals surface area contributed by atoms with Gasteiger partial charge in [-0.25, -0.2) is 0 Å². The maximum Gasteiger partial charge on any atom is 0.183 e. The summed E-state index contributed by atoms with van der Waals surface area (Å²) in [5.41, 5.74) is 0. The molecule has 6 nitrogen and oxygen atoms in total. The number of ether oxygens (including phenoxy) is 6. The van der Waals surface area contributed by atoms with Crippen LogP contribution in [0.15, 0.2) is 0 Å². The second kappa shape index (κ2) is 13.2. The van der Waals surface area contributed by atoms with Gasteiger partial charge in [-0.3, -0.25) is 0 Å². The summed E-state index contributed by atoms with van der Waals surface area (Å²) in [7, 11) is 4.89. The summed E-state index contributed by atoms with van der Waals surface area (Å²) in [6, 6.07) is 0. The molecule has 6 heteroatoms. The molecule has 0 aliphatic heterocycles. The van der Waals surface area contributed by atoms with Gasteiger partial charge in [-0.1, -0.05) is 0 Å². The molecule has 0 spiro atoms. The monoisotopic (exact) mass is 266 g/mol. The van der Waals surface area contributed by atoms with Crippen molar-refractivity contribution in [2.45, 2.75) is 19.3 Å². The first-order valence-electron chi connectivity index (χ1n) is 6.07. The summed E-state index contributed by atoms with van der Waals surface area (Å²) in [6.45, 7) is 4.94. The van der Waals surface area contributed by atoms with Crippen molar-refractivity contribution in [1.29, 1.82) is 0 Å². The predicted molar refractivity (Wildman–Crippen MR) is 66.7 cm³/mol. The molecule has 0 aromatic rings. The molecule has 0 aliphatic rings. The number of hydrogen-bond acceptors (Lipinski definition) is 6. The lowest BCUT2D eigenvalue weighted by Gasteiger charge is -2.24. The van der Waals surface area contributed by atoms with Crippen LogP contribution in [0.3, 0.4) is 0 Å². The van der Waals surface area contributed by atoms with Crippen LogP contribution in [0.25, 0.3) is 0 Å². The van der Waals surface area contributed by atoms with E-state index in [1.54, 1.807) is 21.3 Å². The molecule has 18 heavy (non-hydrogen) atoms. The van der Waals surface area contributed by atoms with Crippen molar-refractivity contribution >= 4 is 0 Å². The SMILES string of the molecule is COCCOC(C)C(OCCOC)OCCOC. The van der Waals surface area contributed by atoms with E-state index in [-0.39, 0.29) is 6.10 Å². The van der Waals surface area contributed by atoms with Crippen LogP contribution in [-0.2, 0) is 28.4 Å². The summed E-state index contributed by atoms with van der Waals surface area (Å²) < 4.78 is 31.4. The van der Waals surface area contributed by atoms with Gasteiger partial charge < -0.3 is 28.4 Å². The van der Waals surface area contributed by atoms with Crippen molar-refractivity contribution in [3.63, 3.8) is 0 Å². The summed E-state index contributed by atoms with van der Waals surface area (Å²) in [4.78, 5) is 0. The van der Waals surface area contributed by atoms with Gasteiger partial charge in [-0.2, -0.15) is 0 Å². The molecule has 110 valence electrons. The second-order valence-corrected chi connectivity index (χ2v) is 3.66. The Morgan fingerprint density at radius 2 is 1.00 bits per heavy atom. The van der Waals surface area contributed by atoms with Crippen LogP contribution in [0.2, 0.25) is 0 Å². The van der Waals surface area contributed by atoms with Crippen molar-refractivity contribution in [1.82, 2.24) is 0 Å². The fraction of sp³-hybridized carbons (Fsp3) is 1.00. The van der Waals surface area contributed by atoms with Gasteiger partial charge in [0.1, 0.15) is 6.10 Å². The van der Waals surface area contributed by atoms with E-state index in [0.29, 0.717) is 39.6 Å². The van der Waals surface area contributed by atoms with Gasteiger partial charge in [0.15, 0.2) is 6.29 Å². The van der Waals surface area contributed by atoms with Crippen molar-refractivity contribution < 1.29 is 28.4 Å². The van der Waals surface area contributed by atoms with Crippen LogP contribution in [0, 0.1) is 0 Å². The average Bonchev–Trinajstić information content (AvgIpc) is 2.37. The minimum Gasteiger partial charge on any atom is -0.382 e. The van der Waals surface area contributed by atoms with Crippen LogP contribution >= 0.6 is 0 Å². The molecular formula is C12H26O6. The van der Waals surface area contributed by atoms with Gasteiger partial charge in [0, 0.05) is 21.3 Å². The van der Waals surface area contributed by atoms with Crippen LogP contribution in [-0.4, -0.2) is 73.4 Å². The Morgan fingerprint density at radius 3 is 1.39 bits per heavy atom. The molecule has 0 fully saturated rings. The predicted octanol–water partition coefficient (Wildman–Crippen LogP) is 0.690. The van der Waals surface area contributed by atoms with Crippen LogP contribution < -0.4 is 0 Å². The molecule has 1 unspecified atom stereocenters. The first-order valence-corrected chi connectivity index (χ1v) is 6.07. The summed E-state index contributed by atoms with van der Waals surface area (Å²) in [5.74, 6) is 0. The highest BCUT2D eigenvalue weighted by molar-refractivity contribution is 4.56. The van der Waals surface area contributed by atoms with Gasteiger partial charge in [-0.15, -0.1) is 0 Å². The smallest absolute Gasteiger partial charge is 0.183 e. The zero-order chi connectivity index (χ0) is 13.6. The topological polar surface area (TPSA) is 55.4 Å². The molecule has 0 aromatic carbocycles. The van der Waals surface area contributed by atoms with Crippen molar-refractivity contribution in [3.8, 4) is 0 Å². The standard InChI is InChI=1S/C12H26O6/c1-11(16-8-5-13-2)12(17-9-6-14-3)18-10-7-15-4/h11-12H,5-10H2,1-4H3. The van der Waals surface area contributed by atoms with E-state index in [1.165, 1.54) is 0 Å². The Bertz CT molecular complexity index is 157. The Labute approximate surface area is 109 Å². The number of methoxy groups -OCH3 is 3. The largest absolute Gasteiger partial charge is 0.382 e. The van der Waals surface area contributed by atoms with E-state index < -0.39 is 6.29 Å². The van der Waals surface area contributed by atoms with Gasteiger partial charge in [-0.05, 0) is 6.92 Å². The molecule has 0 radical (unpaired) electrons. The fourth-order valence-corrected chi connectivity index (χ4v) is 1.21. The zero-order valence-corrected chi connectivity index (χ0v) is 11.8. The van der Waals surface area contributed by atoms with Crippen molar-refractivity contribution in [3.05, 3.63) is 0 Å². The van der Waals surface area contributed by atoms with Crippen LogP contribution in [0.1, 0.15) is 6.92 Å². The maximum absolute atomic E-state index is 5.55. The minimum atomic E-state index is -0.424. The van der Waals surface area contributed by atoms with Crippen LogP contribution in [0.4, 0.5) is 0 Å². The molecule has 0 rings (SSSR count). The third-order valence-electron chi connectivity index (χ3n) is 2.19. The normalized spacial score (nSPS) is 13.2. The quantitative estimate of drug-likeness (QED) is 0.361. The Morgan fingerprint density at radius 1 is 0.611 bits per heavy atom. The molecule has 0 saturated heterocycles. The van der Waals surface area contributed by atoms with E-state index >= 15 is 0 Å². The Balaban J connectivity index is 3.90. The van der Waals surface area contributed by atoms with Gasteiger partial charge >= 0.3 is 0 Å². The molecule has 0 amide bonds. The Kier molecular flexibility index (Phi) is 13.0. The van der Waals surface area contributed by atoms with E-state index in [9.17, 15) is 0 Å². The molecule has 0 aromatic heterocycles. The molecule has 0 N–H and O–H groups in total. The van der Waals surface area contributed by atoms with E-state index in [2.05, 4.69) is 0 Å². The Hall–Kier alpha value is -0.240. The van der Waals surface area contributed by atoms with E-state index in [1.807, 2.05) is 6.92 Å². The first-order chi connectivity index (χ1) is 8.76. The number of hydrogen-bond donors (Lipinski definition) is 0. The average molecular weight is 266 g/mol. The molecule has 1 atom stereocenters. The van der Waals surface area contributed by atoms with E-state index in [0.717, 1.165) is 0 Å². The first kappa shape index (κ1) is 17.8. The molecule has 0 saturated carbocycles. The van der Waals surface area contributed by atoms with Gasteiger partial charge in [0.2, 0.25) is 0 Å². The molecule has 0 aliphatic carbocycles. The third-order valence-corrected chi connectivity index (χ3v) is 2.19. The van der Waals surface area contributed by atoms with Gasteiger partial charge in [0.05, 0.1) is 39.6 Å². The summed E-state index contributed by atoms with van der Waals surface area (Å²) in [6.07, 6.45) is -0.596. The highest BCUT2D eigenvalue weighted by Crippen LogP contribution is 2.06. The fourth-order valence-electron chi connectivity index (χ4n) is 1.21. The lowest BCUT2D eigenvalue weighted by Crippen LogP contribution is -2.34. The molecule has 0 bridgehead atoms. The van der Waals surface area contributed by atoms with E-state index in [4.69, 9.17) is 28.4 Å². The lowest BCUT2D eigenvalue weighted by atomic mass is 10.4. The van der Waals surface area contributed by atoms with Crippen LogP contribution in [0.5, 0.6) is 0 Å². The summed E-state index contributed by atoms with van der Waals surface area (Å²) >= 11 is 0. The molecular weight excluding hydrogens is 240 g/mol. The third kappa shape index (κ3) is 9.76. The van der Waals surface area contributed by atoms with Crippen molar-refractivity contribution in [2.24, 2.45) is 0 Å². The lowest BCUT2D eigenvalue weighted by molar-refractivity contribution is -0.211. The highest BCUT2D eigenvalue weighted by Gasteiger charge is 2.19. The molecule has 0 heterocycles. The summed E-state index contributed by atoms with van der Waals surface area (Å²) in [5, 5.41) is 0. The second-order valence-electron chi connectivity index (χ2n) is 3.66. The maximum atomic E-state index is 5.55. The number of rotatable bonds is 13.